The third-order valence-electron chi connectivity index (χ3n) is 8.73. The number of nitrogens with zero attached hydrogens (tertiary/aromatic N) is 6. The predicted octanol–water partition coefficient (Wildman–Crippen LogP) is 1.93. The number of likely N-dealkylation sites (tertiary alicyclic amines) is 1. The van der Waals surface area contributed by atoms with Crippen LogP contribution in [0.2, 0.25) is 0 Å². The van der Waals surface area contributed by atoms with Crippen molar-refractivity contribution < 1.29 is 5.11 Å². The topological polar surface area (TPSA) is 130 Å². The van der Waals surface area contributed by atoms with Gasteiger partial charge in [0.1, 0.15) is 11.6 Å². The molecular weight excluding hydrogens is 490 g/mol. The molecule has 6 rings (SSSR count). The second-order valence-corrected chi connectivity index (χ2v) is 11.1. The second-order valence-electron chi connectivity index (χ2n) is 11.1. The fraction of sp³-hybridized carbons (Fsp3) is 0.517. The van der Waals surface area contributed by atoms with Gasteiger partial charge in [0, 0.05) is 50.2 Å². The van der Waals surface area contributed by atoms with Crippen molar-refractivity contribution >= 4 is 17.5 Å². The Balaban J connectivity index is 1.08. The van der Waals surface area contributed by atoms with Crippen molar-refractivity contribution in [3.05, 3.63) is 59.6 Å². The highest BCUT2D eigenvalue weighted by atomic mass is 16.3. The van der Waals surface area contributed by atoms with Crippen LogP contribution in [0.4, 0.5) is 5.95 Å². The maximum Gasteiger partial charge on any atom is 0.225 e. The lowest BCUT2D eigenvalue weighted by Crippen LogP contribution is -2.57. The normalized spacial score (nSPS) is 25.8. The molecule has 2 unspecified atom stereocenters. The summed E-state index contributed by atoms with van der Waals surface area (Å²) >= 11 is 0. The molecule has 10 nitrogen and oxygen atoms in total. The van der Waals surface area contributed by atoms with Crippen LogP contribution < -0.4 is 16.0 Å². The molecule has 10 heteroatoms. The average molecular weight is 530 g/mol. The quantitative estimate of drug-likeness (QED) is 0.433. The van der Waals surface area contributed by atoms with Crippen LogP contribution >= 0.6 is 0 Å². The van der Waals surface area contributed by atoms with Crippen molar-refractivity contribution in [2.45, 2.75) is 43.7 Å². The number of phenols is 1. The Labute approximate surface area is 230 Å². The summed E-state index contributed by atoms with van der Waals surface area (Å²) in [6.07, 6.45) is 10.7. The summed E-state index contributed by atoms with van der Waals surface area (Å²) in [6.45, 7) is 7.44. The molecule has 0 radical (unpaired) electrons. The number of rotatable bonds is 5. The molecule has 4 aliphatic rings. The van der Waals surface area contributed by atoms with Crippen LogP contribution in [0.3, 0.4) is 0 Å². The van der Waals surface area contributed by atoms with Gasteiger partial charge in [0.25, 0.3) is 0 Å². The number of aromatic hydroxyl groups is 1. The van der Waals surface area contributed by atoms with Crippen LogP contribution in [-0.4, -0.2) is 101 Å². The SMILES string of the molecule is N=C(/C=C1\C(N)=NCC2CN(c3ncc(C4CCN(C5CCCNC5)CC4)cn3)CCN12)c1ccccc1O. The summed E-state index contributed by atoms with van der Waals surface area (Å²) in [7, 11) is 0. The number of piperazine rings is 1. The summed E-state index contributed by atoms with van der Waals surface area (Å²) < 4.78 is 0. The fourth-order valence-electron chi connectivity index (χ4n) is 6.46. The van der Waals surface area contributed by atoms with Crippen LogP contribution in [0, 0.1) is 5.41 Å². The molecule has 206 valence electrons. The van der Waals surface area contributed by atoms with E-state index in [9.17, 15) is 5.11 Å². The van der Waals surface area contributed by atoms with Gasteiger partial charge in [-0.1, -0.05) is 12.1 Å². The number of para-hydroxylation sites is 1. The number of fused-ring (bicyclic) bond motifs is 1. The van der Waals surface area contributed by atoms with Gasteiger partial charge in [-0.2, -0.15) is 0 Å². The van der Waals surface area contributed by atoms with Gasteiger partial charge in [0.2, 0.25) is 5.95 Å². The van der Waals surface area contributed by atoms with Gasteiger partial charge in [0.15, 0.2) is 0 Å². The number of nitrogens with two attached hydrogens (primary N) is 1. The van der Waals surface area contributed by atoms with Crippen molar-refractivity contribution in [2.24, 2.45) is 10.7 Å². The van der Waals surface area contributed by atoms with Gasteiger partial charge < -0.3 is 31.4 Å². The third kappa shape index (κ3) is 5.49. The second kappa shape index (κ2) is 11.3. The molecule has 3 fully saturated rings. The van der Waals surface area contributed by atoms with E-state index < -0.39 is 0 Å². The Morgan fingerprint density at radius 1 is 1.05 bits per heavy atom. The van der Waals surface area contributed by atoms with E-state index in [1.54, 1.807) is 24.3 Å². The van der Waals surface area contributed by atoms with Crippen molar-refractivity contribution in [1.82, 2.24) is 25.1 Å². The van der Waals surface area contributed by atoms with E-state index in [4.69, 9.17) is 21.1 Å². The number of piperidine rings is 2. The minimum atomic E-state index is 0.0831. The molecule has 5 N–H and O–H groups in total. The summed E-state index contributed by atoms with van der Waals surface area (Å²) in [6, 6.07) is 7.70. The minimum Gasteiger partial charge on any atom is -0.507 e. The first-order valence-corrected chi connectivity index (χ1v) is 14.2. The highest BCUT2D eigenvalue weighted by Gasteiger charge is 2.34. The molecule has 39 heavy (non-hydrogen) atoms. The Morgan fingerprint density at radius 3 is 2.59 bits per heavy atom. The summed E-state index contributed by atoms with van der Waals surface area (Å²) in [5.74, 6) is 1.82. The Bertz CT molecular complexity index is 1230. The maximum atomic E-state index is 10.2. The standard InChI is InChI=1S/C29H39N9O/c30-25(24-5-1-2-6-27(24)39)14-26-28(31)33-18-23-19-37(12-13-38(23)26)29-34-15-21(16-35-29)20-7-10-36(11-8-20)22-4-3-9-32-17-22/h1-2,5-6,14-16,20,22-23,30,32,39H,3-4,7-13,17-19H2,(H2,31,33)/b26-14+,30-25?. The fourth-order valence-corrected chi connectivity index (χ4v) is 6.46. The van der Waals surface area contributed by atoms with Gasteiger partial charge in [-0.05, 0) is 75.0 Å². The molecular formula is C29H39N9O. The van der Waals surface area contributed by atoms with Gasteiger partial charge in [-0.3, -0.25) is 9.89 Å². The molecule has 2 atom stereocenters. The van der Waals surface area contributed by atoms with E-state index in [-0.39, 0.29) is 17.5 Å². The van der Waals surface area contributed by atoms with Crippen LogP contribution in [0.25, 0.3) is 0 Å². The first kappa shape index (κ1) is 25.8. The van der Waals surface area contributed by atoms with Crippen LogP contribution in [0.1, 0.15) is 42.7 Å². The lowest BCUT2D eigenvalue weighted by Gasteiger charge is -2.45. The third-order valence-corrected chi connectivity index (χ3v) is 8.73. The Kier molecular flexibility index (Phi) is 7.47. The molecule has 3 saturated heterocycles. The van der Waals surface area contributed by atoms with E-state index in [1.165, 1.54) is 31.2 Å². The lowest BCUT2D eigenvalue weighted by atomic mass is 9.90. The van der Waals surface area contributed by atoms with Crippen molar-refractivity contribution in [2.75, 3.05) is 57.3 Å². The molecule has 1 aromatic carbocycles. The van der Waals surface area contributed by atoms with Gasteiger partial charge in [-0.25, -0.2) is 9.97 Å². The highest BCUT2D eigenvalue weighted by Crippen LogP contribution is 2.30. The number of phenolic OH excluding ortho intramolecular Hbond substituents is 1. The van der Waals surface area contributed by atoms with Crippen molar-refractivity contribution in [3.63, 3.8) is 0 Å². The lowest BCUT2D eigenvalue weighted by molar-refractivity contribution is 0.130. The van der Waals surface area contributed by atoms with Gasteiger partial charge in [-0.15, -0.1) is 0 Å². The molecule has 2 aromatic rings. The zero-order valence-corrected chi connectivity index (χ0v) is 22.5. The monoisotopic (exact) mass is 529 g/mol. The molecule has 1 aromatic heterocycles. The zero-order valence-electron chi connectivity index (χ0n) is 22.5. The largest absolute Gasteiger partial charge is 0.507 e. The van der Waals surface area contributed by atoms with Crippen LogP contribution in [0.15, 0.2) is 53.4 Å². The Hall–Kier alpha value is -3.50. The van der Waals surface area contributed by atoms with E-state index in [0.717, 1.165) is 57.5 Å². The molecule has 0 saturated carbocycles. The molecule has 0 amide bonds. The molecule has 0 aliphatic carbocycles. The molecule has 4 aliphatic heterocycles. The smallest absolute Gasteiger partial charge is 0.225 e. The zero-order chi connectivity index (χ0) is 26.8. The number of aliphatic imine (C=N–C) groups is 1. The number of hydrogen-bond acceptors (Lipinski definition) is 10. The highest BCUT2D eigenvalue weighted by molar-refractivity contribution is 6.13. The number of nitrogens with one attached hydrogen (secondary N) is 2. The van der Waals surface area contributed by atoms with Gasteiger partial charge in [0.05, 0.1) is 24.0 Å². The van der Waals surface area contributed by atoms with E-state index >= 15 is 0 Å². The Morgan fingerprint density at radius 2 is 1.85 bits per heavy atom. The number of hydrogen-bond donors (Lipinski definition) is 4. The molecule has 0 bridgehead atoms. The van der Waals surface area contributed by atoms with Gasteiger partial charge >= 0.3 is 0 Å². The molecule has 0 spiro atoms. The summed E-state index contributed by atoms with van der Waals surface area (Å²) in [5.41, 5.74) is 8.95. The number of anilines is 1. The average Bonchev–Trinajstić information content (AvgIpc) is 2.99. The first-order chi connectivity index (χ1) is 19.1. The maximum absolute atomic E-state index is 10.2. The van der Waals surface area contributed by atoms with E-state index in [1.807, 2.05) is 18.5 Å². The summed E-state index contributed by atoms with van der Waals surface area (Å²) in [4.78, 5) is 21.3. The predicted molar refractivity (Wildman–Crippen MR) is 154 cm³/mol. The van der Waals surface area contributed by atoms with Crippen molar-refractivity contribution in [3.8, 4) is 5.75 Å². The van der Waals surface area contributed by atoms with E-state index in [2.05, 4.69) is 25.0 Å². The minimum absolute atomic E-state index is 0.0831. The number of amidine groups is 1. The van der Waals surface area contributed by atoms with E-state index in [0.29, 0.717) is 29.9 Å². The van der Waals surface area contributed by atoms with Crippen LogP contribution in [0.5, 0.6) is 5.75 Å². The molecule has 5 heterocycles. The number of aromatic nitrogens is 2. The van der Waals surface area contributed by atoms with Crippen LogP contribution in [-0.2, 0) is 0 Å². The number of allylic oxidation sites excluding steroid dienone is 1. The number of benzene rings is 1. The summed E-state index contributed by atoms with van der Waals surface area (Å²) in [5, 5.41) is 22.3. The first-order valence-electron chi connectivity index (χ1n) is 14.2. The van der Waals surface area contributed by atoms with Crippen molar-refractivity contribution in [1.29, 1.82) is 5.41 Å².